The first-order valence-electron chi connectivity index (χ1n) is 1.55. The molecule has 0 aromatic carbocycles. The third-order valence-electron chi connectivity index (χ3n) is 0.309. The lowest BCUT2D eigenvalue weighted by Crippen LogP contribution is -1.98. The van der Waals surface area contributed by atoms with Gasteiger partial charge in [0.1, 0.15) is 0 Å². The standard InChI is InChI=1S/C3H3Cl4/c4-2-1-3(5,6)7/h2H,1H2. The summed E-state index contributed by atoms with van der Waals surface area (Å²) in [5, 5.41) is 0. The summed E-state index contributed by atoms with van der Waals surface area (Å²) >= 11 is 20.9. The Morgan fingerprint density at radius 1 is 1.29 bits per heavy atom. The Morgan fingerprint density at radius 3 is 1.71 bits per heavy atom. The Kier molecular flexibility index (Phi) is 3.77. The van der Waals surface area contributed by atoms with Gasteiger partial charge in [-0.15, -0.1) is 11.6 Å². The molecule has 0 heterocycles. The Bertz CT molecular complexity index is 45.4. The van der Waals surface area contributed by atoms with Crippen LogP contribution in [0.5, 0.6) is 0 Å². The molecule has 1 radical (unpaired) electrons. The Hall–Kier alpha value is 1.16. The van der Waals surface area contributed by atoms with Crippen LogP contribution in [0.15, 0.2) is 0 Å². The maximum Gasteiger partial charge on any atom is 0.192 e. The van der Waals surface area contributed by atoms with Gasteiger partial charge in [0.05, 0.1) is 5.88 Å². The zero-order valence-corrected chi connectivity index (χ0v) is 6.32. The summed E-state index contributed by atoms with van der Waals surface area (Å²) in [6, 6.07) is 0. The monoisotopic (exact) mass is 179 g/mol. The zero-order valence-electron chi connectivity index (χ0n) is 3.30. The van der Waals surface area contributed by atoms with Crippen molar-refractivity contribution in [3.63, 3.8) is 0 Å². The van der Waals surface area contributed by atoms with E-state index in [4.69, 9.17) is 46.4 Å². The normalized spacial score (nSPS) is 12.0. The lowest BCUT2D eigenvalue weighted by atomic mass is 10.6. The lowest BCUT2D eigenvalue weighted by Gasteiger charge is -2.04. The maximum atomic E-state index is 5.25. The second kappa shape index (κ2) is 3.24. The van der Waals surface area contributed by atoms with E-state index >= 15 is 0 Å². The van der Waals surface area contributed by atoms with Crippen molar-refractivity contribution in [3.05, 3.63) is 5.88 Å². The van der Waals surface area contributed by atoms with Crippen LogP contribution in [0.1, 0.15) is 6.42 Å². The van der Waals surface area contributed by atoms with Gasteiger partial charge in [-0.25, -0.2) is 0 Å². The van der Waals surface area contributed by atoms with E-state index in [-0.39, 0.29) is 6.42 Å². The van der Waals surface area contributed by atoms with E-state index < -0.39 is 3.79 Å². The summed E-state index contributed by atoms with van der Waals surface area (Å²) < 4.78 is -1.22. The predicted molar refractivity (Wildman–Crippen MR) is 35.1 cm³/mol. The minimum Gasteiger partial charge on any atom is -0.121 e. The molecule has 0 aliphatic rings. The molecule has 0 aromatic rings. The van der Waals surface area contributed by atoms with Crippen molar-refractivity contribution in [2.75, 3.05) is 0 Å². The van der Waals surface area contributed by atoms with E-state index in [0.717, 1.165) is 0 Å². The molecule has 0 aromatic heterocycles. The largest absolute Gasteiger partial charge is 0.192 e. The van der Waals surface area contributed by atoms with Crippen LogP contribution in [0, 0.1) is 5.88 Å². The summed E-state index contributed by atoms with van der Waals surface area (Å²) in [4.78, 5) is 0. The molecule has 0 rings (SSSR count). The van der Waals surface area contributed by atoms with Crippen LogP contribution in [0.4, 0.5) is 0 Å². The molecule has 0 saturated heterocycles. The summed E-state index contributed by atoms with van der Waals surface area (Å²) in [6.45, 7) is 0. The minimum atomic E-state index is -1.22. The highest BCUT2D eigenvalue weighted by atomic mass is 35.6. The smallest absolute Gasteiger partial charge is 0.121 e. The quantitative estimate of drug-likeness (QED) is 0.545. The van der Waals surface area contributed by atoms with Gasteiger partial charge in [-0.05, 0) is 0 Å². The van der Waals surface area contributed by atoms with E-state index in [9.17, 15) is 0 Å². The van der Waals surface area contributed by atoms with E-state index in [1.165, 1.54) is 5.88 Å². The fourth-order valence-electron chi connectivity index (χ4n) is 0.0875. The molecular formula is C3H3Cl4. The topological polar surface area (TPSA) is 0 Å². The second-order valence-corrected chi connectivity index (χ2v) is 3.80. The lowest BCUT2D eigenvalue weighted by molar-refractivity contribution is 1.05. The highest BCUT2D eigenvalue weighted by Crippen LogP contribution is 2.31. The van der Waals surface area contributed by atoms with Gasteiger partial charge in [0, 0.05) is 6.42 Å². The molecule has 0 nitrogen and oxygen atoms in total. The predicted octanol–water partition coefficient (Wildman–Crippen LogP) is 3.15. The third-order valence-corrected chi connectivity index (χ3v) is 0.926. The molecule has 0 unspecified atom stereocenters. The second-order valence-electron chi connectivity index (χ2n) is 0.974. The molecule has 7 heavy (non-hydrogen) atoms. The van der Waals surface area contributed by atoms with Gasteiger partial charge < -0.3 is 0 Å². The number of hydrogen-bond acceptors (Lipinski definition) is 0. The summed E-state index contributed by atoms with van der Waals surface area (Å²) in [5.41, 5.74) is 0. The highest BCUT2D eigenvalue weighted by Gasteiger charge is 2.17. The van der Waals surface area contributed by atoms with E-state index in [1.807, 2.05) is 0 Å². The molecule has 43 valence electrons. The van der Waals surface area contributed by atoms with Crippen LogP contribution in [-0.4, -0.2) is 3.79 Å². The average Bonchev–Trinajstić information content (AvgIpc) is 1.30. The molecular weight excluding hydrogens is 178 g/mol. The Labute approximate surface area is 62.7 Å². The average molecular weight is 181 g/mol. The molecule has 0 saturated carbocycles. The van der Waals surface area contributed by atoms with Gasteiger partial charge in [0.15, 0.2) is 3.79 Å². The molecule has 0 bridgehead atoms. The Balaban J connectivity index is 3.15. The fraction of sp³-hybridized carbons (Fsp3) is 0.667. The molecule has 0 aliphatic heterocycles. The van der Waals surface area contributed by atoms with Gasteiger partial charge in [0.2, 0.25) is 0 Å². The number of hydrogen-bond donors (Lipinski definition) is 0. The Morgan fingerprint density at radius 2 is 1.71 bits per heavy atom. The maximum absolute atomic E-state index is 5.25. The minimum absolute atomic E-state index is 0.277. The molecule has 0 spiro atoms. The van der Waals surface area contributed by atoms with Crippen LogP contribution in [-0.2, 0) is 0 Å². The van der Waals surface area contributed by atoms with Crippen molar-refractivity contribution in [2.45, 2.75) is 10.2 Å². The van der Waals surface area contributed by atoms with Crippen LogP contribution in [0.25, 0.3) is 0 Å². The zero-order chi connectivity index (χ0) is 5.91. The number of rotatable bonds is 1. The third kappa shape index (κ3) is 7.16. The summed E-state index contributed by atoms with van der Waals surface area (Å²) in [7, 11) is 0. The molecule has 0 aliphatic carbocycles. The van der Waals surface area contributed by atoms with Crippen molar-refractivity contribution in [1.82, 2.24) is 0 Å². The van der Waals surface area contributed by atoms with Crippen LogP contribution >= 0.6 is 46.4 Å². The van der Waals surface area contributed by atoms with Gasteiger partial charge in [-0.1, -0.05) is 34.8 Å². The van der Waals surface area contributed by atoms with Crippen molar-refractivity contribution in [2.24, 2.45) is 0 Å². The van der Waals surface area contributed by atoms with Gasteiger partial charge >= 0.3 is 0 Å². The molecule has 0 amide bonds. The molecule has 0 atom stereocenters. The van der Waals surface area contributed by atoms with Crippen LogP contribution in [0.3, 0.4) is 0 Å². The molecule has 0 fully saturated rings. The van der Waals surface area contributed by atoms with Gasteiger partial charge in [0.25, 0.3) is 0 Å². The molecule has 0 N–H and O–H groups in total. The first kappa shape index (κ1) is 8.16. The van der Waals surface area contributed by atoms with Crippen LogP contribution in [0.2, 0.25) is 0 Å². The van der Waals surface area contributed by atoms with Crippen molar-refractivity contribution >= 4 is 46.4 Å². The van der Waals surface area contributed by atoms with E-state index in [2.05, 4.69) is 0 Å². The summed E-state index contributed by atoms with van der Waals surface area (Å²) in [5.74, 6) is 1.28. The van der Waals surface area contributed by atoms with E-state index in [1.54, 1.807) is 0 Å². The fourth-order valence-corrected chi connectivity index (χ4v) is 0.787. The SMILES string of the molecule is Cl[CH]CC(Cl)(Cl)Cl. The first-order valence-corrected chi connectivity index (χ1v) is 3.12. The van der Waals surface area contributed by atoms with Crippen LogP contribution < -0.4 is 0 Å². The van der Waals surface area contributed by atoms with Crippen molar-refractivity contribution < 1.29 is 0 Å². The first-order chi connectivity index (χ1) is 3.06. The summed E-state index contributed by atoms with van der Waals surface area (Å²) in [6.07, 6.45) is 0.277. The van der Waals surface area contributed by atoms with Crippen molar-refractivity contribution in [1.29, 1.82) is 0 Å². The number of halogens is 4. The van der Waals surface area contributed by atoms with E-state index in [0.29, 0.717) is 0 Å². The van der Waals surface area contributed by atoms with Crippen molar-refractivity contribution in [3.8, 4) is 0 Å². The number of alkyl halides is 3. The highest BCUT2D eigenvalue weighted by molar-refractivity contribution is 6.67. The van der Waals surface area contributed by atoms with Gasteiger partial charge in [-0.2, -0.15) is 0 Å². The van der Waals surface area contributed by atoms with Gasteiger partial charge in [-0.3, -0.25) is 0 Å². The molecule has 4 heteroatoms.